The van der Waals surface area contributed by atoms with Crippen LogP contribution in [-0.4, -0.2) is 30.9 Å². The van der Waals surface area contributed by atoms with Crippen LogP contribution in [-0.2, 0) is 28.2 Å². The lowest BCUT2D eigenvalue weighted by Crippen LogP contribution is -2.17. The Balaban J connectivity index is 1.75. The van der Waals surface area contributed by atoms with Gasteiger partial charge in [0.2, 0.25) is 0 Å². The summed E-state index contributed by atoms with van der Waals surface area (Å²) in [6.07, 6.45) is -0.177. The molecule has 1 unspecified atom stereocenters. The SMILES string of the molecule is COc1ccc(CCCCCSc2ccc(CNCCCO[PH](=O)O)cc2C(F)(F)F)cc1. The van der Waals surface area contributed by atoms with Gasteiger partial charge in [-0.15, -0.1) is 11.8 Å². The smallest absolute Gasteiger partial charge is 0.417 e. The molecular weight excluding hydrogens is 474 g/mol. The molecule has 0 aliphatic carbocycles. The van der Waals surface area contributed by atoms with Gasteiger partial charge in [-0.1, -0.05) is 24.6 Å². The van der Waals surface area contributed by atoms with E-state index in [0.717, 1.165) is 31.4 Å². The summed E-state index contributed by atoms with van der Waals surface area (Å²) in [5, 5.41) is 3.03. The highest BCUT2D eigenvalue weighted by atomic mass is 32.2. The van der Waals surface area contributed by atoms with Gasteiger partial charge in [-0.25, -0.2) is 0 Å². The predicted octanol–water partition coefficient (Wildman–Crippen LogP) is 6.10. The lowest BCUT2D eigenvalue weighted by atomic mass is 10.1. The first kappa shape index (κ1) is 27.7. The van der Waals surface area contributed by atoms with Crippen molar-refractivity contribution in [2.24, 2.45) is 0 Å². The van der Waals surface area contributed by atoms with Crippen molar-refractivity contribution in [1.82, 2.24) is 5.32 Å². The zero-order valence-corrected chi connectivity index (χ0v) is 20.4. The Morgan fingerprint density at radius 2 is 1.76 bits per heavy atom. The van der Waals surface area contributed by atoms with Crippen LogP contribution in [0.1, 0.15) is 42.4 Å². The molecule has 2 rings (SSSR count). The molecule has 10 heteroatoms. The topological polar surface area (TPSA) is 67.8 Å². The second kappa shape index (κ2) is 14.7. The van der Waals surface area contributed by atoms with E-state index in [1.165, 1.54) is 23.4 Å². The Hall–Kier alpha value is -1.51. The monoisotopic (exact) mass is 505 g/mol. The fourth-order valence-corrected chi connectivity index (χ4v) is 4.59. The van der Waals surface area contributed by atoms with E-state index >= 15 is 0 Å². The predicted molar refractivity (Wildman–Crippen MR) is 126 cm³/mol. The molecule has 0 aromatic heterocycles. The van der Waals surface area contributed by atoms with Crippen LogP contribution in [0.5, 0.6) is 5.75 Å². The van der Waals surface area contributed by atoms with Crippen LogP contribution in [0.25, 0.3) is 0 Å². The van der Waals surface area contributed by atoms with E-state index in [9.17, 15) is 17.7 Å². The van der Waals surface area contributed by atoms with Crippen LogP contribution in [0.15, 0.2) is 47.4 Å². The van der Waals surface area contributed by atoms with E-state index in [2.05, 4.69) is 9.84 Å². The molecule has 0 heterocycles. The largest absolute Gasteiger partial charge is 0.497 e. The number of thioether (sulfide) groups is 1. The maximum Gasteiger partial charge on any atom is 0.417 e. The van der Waals surface area contributed by atoms with Gasteiger partial charge in [0.25, 0.3) is 0 Å². The van der Waals surface area contributed by atoms with Crippen molar-refractivity contribution in [3.05, 3.63) is 59.2 Å². The Morgan fingerprint density at radius 1 is 1.03 bits per heavy atom. The summed E-state index contributed by atoms with van der Waals surface area (Å²) in [7, 11) is -1.31. The minimum Gasteiger partial charge on any atom is -0.497 e. The van der Waals surface area contributed by atoms with Crippen molar-refractivity contribution in [3.63, 3.8) is 0 Å². The molecule has 184 valence electrons. The van der Waals surface area contributed by atoms with Crippen molar-refractivity contribution >= 4 is 20.0 Å². The molecule has 0 aliphatic heterocycles. The number of unbranched alkanes of at least 4 members (excludes halogenated alkanes) is 2. The van der Waals surface area contributed by atoms with Gasteiger partial charge < -0.3 is 19.5 Å². The molecule has 0 aliphatic rings. The number of hydrogen-bond acceptors (Lipinski definition) is 5. The zero-order chi connectivity index (χ0) is 24.1. The van der Waals surface area contributed by atoms with Gasteiger partial charge in [0.05, 0.1) is 19.3 Å². The number of nitrogens with one attached hydrogen (secondary N) is 1. The van der Waals surface area contributed by atoms with E-state index in [4.69, 9.17) is 9.63 Å². The lowest BCUT2D eigenvalue weighted by molar-refractivity contribution is -0.139. The normalized spacial score (nSPS) is 12.6. The summed E-state index contributed by atoms with van der Waals surface area (Å²) < 4.78 is 60.8. The number of ether oxygens (including phenoxy) is 1. The summed E-state index contributed by atoms with van der Waals surface area (Å²) in [4.78, 5) is 8.83. The molecule has 5 nitrogen and oxygen atoms in total. The molecule has 2 aromatic carbocycles. The summed E-state index contributed by atoms with van der Waals surface area (Å²) in [6.45, 7) is 0.891. The quantitative estimate of drug-likeness (QED) is 0.173. The molecule has 0 fully saturated rings. The Kier molecular flexibility index (Phi) is 12.3. The van der Waals surface area contributed by atoms with Crippen molar-refractivity contribution < 1.29 is 31.9 Å². The third-order valence-corrected chi connectivity index (χ3v) is 6.54. The number of rotatable bonds is 15. The van der Waals surface area contributed by atoms with Crippen LogP contribution in [0.2, 0.25) is 0 Å². The molecule has 1 atom stereocenters. The maximum atomic E-state index is 13.6. The van der Waals surface area contributed by atoms with Gasteiger partial charge in [0, 0.05) is 11.4 Å². The highest BCUT2D eigenvalue weighted by molar-refractivity contribution is 7.99. The van der Waals surface area contributed by atoms with Gasteiger partial charge in [0.1, 0.15) is 5.75 Å². The highest BCUT2D eigenvalue weighted by Crippen LogP contribution is 2.37. The van der Waals surface area contributed by atoms with Gasteiger partial charge in [-0.2, -0.15) is 13.2 Å². The summed E-state index contributed by atoms with van der Waals surface area (Å²) >= 11 is 1.25. The average Bonchev–Trinajstić information content (AvgIpc) is 2.78. The number of halogens is 3. The first-order chi connectivity index (χ1) is 15.8. The second-order valence-electron chi connectivity index (χ2n) is 7.48. The Bertz CT molecular complexity index is 866. The van der Waals surface area contributed by atoms with Crippen LogP contribution in [0, 0.1) is 0 Å². The van der Waals surface area contributed by atoms with E-state index < -0.39 is 20.0 Å². The highest BCUT2D eigenvalue weighted by Gasteiger charge is 2.33. The maximum absolute atomic E-state index is 13.6. The number of hydrogen-bond donors (Lipinski definition) is 2. The second-order valence-corrected chi connectivity index (χ2v) is 9.44. The first-order valence-electron chi connectivity index (χ1n) is 10.8. The minimum absolute atomic E-state index is 0.130. The molecule has 0 saturated heterocycles. The molecule has 0 spiro atoms. The van der Waals surface area contributed by atoms with Gasteiger partial charge in [0.15, 0.2) is 0 Å². The Labute approximate surface area is 198 Å². The van der Waals surface area contributed by atoms with Crippen LogP contribution < -0.4 is 10.1 Å². The Morgan fingerprint density at radius 3 is 2.42 bits per heavy atom. The van der Waals surface area contributed by atoms with Crippen LogP contribution in [0.4, 0.5) is 13.2 Å². The molecular formula is C23H31F3NO4PS. The van der Waals surface area contributed by atoms with Crippen LogP contribution in [0.3, 0.4) is 0 Å². The molecule has 0 amide bonds. The fourth-order valence-electron chi connectivity index (χ4n) is 3.21. The fraction of sp³-hybridized carbons (Fsp3) is 0.478. The van der Waals surface area contributed by atoms with E-state index in [1.807, 2.05) is 24.3 Å². The first-order valence-corrected chi connectivity index (χ1v) is 13.1. The van der Waals surface area contributed by atoms with Gasteiger partial charge >= 0.3 is 14.4 Å². The van der Waals surface area contributed by atoms with Crippen LogP contribution >= 0.6 is 20.0 Å². The number of aryl methyl sites for hydroxylation is 1. The van der Waals surface area contributed by atoms with E-state index in [0.29, 0.717) is 24.3 Å². The van der Waals surface area contributed by atoms with E-state index in [1.54, 1.807) is 19.2 Å². The third-order valence-electron chi connectivity index (χ3n) is 4.93. The molecule has 2 N–H and O–H groups in total. The van der Waals surface area contributed by atoms with Gasteiger partial charge in [-0.3, -0.25) is 4.57 Å². The summed E-state index contributed by atoms with van der Waals surface area (Å²) in [5.41, 5.74) is 1.17. The van der Waals surface area contributed by atoms with Crippen molar-refractivity contribution in [1.29, 1.82) is 0 Å². The van der Waals surface area contributed by atoms with Crippen molar-refractivity contribution in [2.45, 2.75) is 49.7 Å². The molecule has 0 radical (unpaired) electrons. The third kappa shape index (κ3) is 11.0. The molecule has 33 heavy (non-hydrogen) atoms. The molecule has 0 saturated carbocycles. The molecule has 0 bridgehead atoms. The number of alkyl halides is 3. The van der Waals surface area contributed by atoms with E-state index in [-0.39, 0.29) is 18.0 Å². The number of methoxy groups -OCH3 is 1. The average molecular weight is 506 g/mol. The standard InChI is InChI=1S/C23H31F3NO4PS/c1-30-20-10-7-18(8-11-20)6-3-2-4-15-33-22-12-9-19(16-21(22)23(24,25)26)17-27-13-5-14-31-32(28)29/h7-12,16,27,32H,2-6,13-15,17H2,1H3,(H,28,29). The lowest BCUT2D eigenvalue weighted by Gasteiger charge is -2.15. The number of benzene rings is 2. The van der Waals surface area contributed by atoms with Crippen molar-refractivity contribution in [3.8, 4) is 5.75 Å². The molecule has 2 aromatic rings. The summed E-state index contributed by atoms with van der Waals surface area (Å²) in [6, 6.07) is 12.4. The minimum atomic E-state index is -4.41. The zero-order valence-electron chi connectivity index (χ0n) is 18.6. The van der Waals surface area contributed by atoms with Gasteiger partial charge in [-0.05, 0) is 73.4 Å². The summed E-state index contributed by atoms with van der Waals surface area (Å²) in [5.74, 6) is 1.46. The van der Waals surface area contributed by atoms with Crippen molar-refractivity contribution in [2.75, 3.05) is 26.0 Å².